The average molecular weight is 414 g/mol. The highest BCUT2D eigenvalue weighted by Crippen LogP contribution is 2.22. The number of aryl methyl sites for hydroxylation is 2. The van der Waals surface area contributed by atoms with E-state index in [-0.39, 0.29) is 10.9 Å². The molecule has 29 heavy (non-hydrogen) atoms. The molecule has 8 heteroatoms. The minimum absolute atomic E-state index is 0.0576. The van der Waals surface area contributed by atoms with Crippen LogP contribution >= 0.6 is 0 Å². The summed E-state index contributed by atoms with van der Waals surface area (Å²) in [5, 5.41) is 4.25. The summed E-state index contributed by atoms with van der Waals surface area (Å²) < 4.78 is 32.7. The Balaban J connectivity index is 1.55. The van der Waals surface area contributed by atoms with E-state index in [1.165, 1.54) is 11.3 Å². The molecule has 0 aliphatic carbocycles. The molecule has 0 radical (unpaired) electrons. The van der Waals surface area contributed by atoms with E-state index in [9.17, 15) is 8.42 Å². The second-order valence-corrected chi connectivity index (χ2v) is 9.38. The molecule has 3 heterocycles. The van der Waals surface area contributed by atoms with E-state index < -0.39 is 10.0 Å². The monoisotopic (exact) mass is 413 g/mol. The smallest absolute Gasteiger partial charge is 0.244 e. The lowest BCUT2D eigenvalue weighted by atomic mass is 10.1. The third kappa shape index (κ3) is 4.01. The van der Waals surface area contributed by atoms with Crippen LogP contribution in [0.2, 0.25) is 0 Å². The van der Waals surface area contributed by atoms with E-state index in [1.807, 2.05) is 24.3 Å². The van der Waals surface area contributed by atoms with Crippen LogP contribution in [-0.4, -0.2) is 40.3 Å². The molecule has 1 aromatic carbocycles. The fourth-order valence-electron chi connectivity index (χ4n) is 4.07. The second-order valence-electron chi connectivity index (χ2n) is 7.67. The van der Waals surface area contributed by atoms with Gasteiger partial charge in [0.25, 0.3) is 0 Å². The van der Waals surface area contributed by atoms with Gasteiger partial charge in [0.05, 0.1) is 11.4 Å². The Morgan fingerprint density at radius 3 is 2.59 bits per heavy atom. The molecule has 154 valence electrons. The molecule has 1 aliphatic rings. The summed E-state index contributed by atoms with van der Waals surface area (Å²) in [4.78, 5) is 2.63. The van der Waals surface area contributed by atoms with Crippen LogP contribution < -0.4 is 4.72 Å². The number of rotatable bonds is 6. The molecule has 3 aromatic rings. The van der Waals surface area contributed by atoms with Crippen molar-refractivity contribution in [3.63, 3.8) is 0 Å². The summed E-state index contributed by atoms with van der Waals surface area (Å²) in [6, 6.07) is 14.5. The highest BCUT2D eigenvalue weighted by atomic mass is 32.2. The Bertz CT molecular complexity index is 1100. The number of sulfonamides is 1. The summed E-state index contributed by atoms with van der Waals surface area (Å²) in [6.45, 7) is 6.19. The molecule has 1 N–H and O–H groups in total. The molecule has 1 atom stereocenters. The van der Waals surface area contributed by atoms with Crippen molar-refractivity contribution in [3.05, 3.63) is 71.3 Å². The van der Waals surface area contributed by atoms with Crippen molar-refractivity contribution in [2.45, 2.75) is 44.4 Å². The summed E-state index contributed by atoms with van der Waals surface area (Å²) in [7, 11) is -1.87. The third-order valence-corrected chi connectivity index (χ3v) is 7.34. The summed E-state index contributed by atoms with van der Waals surface area (Å²) in [6.07, 6.45) is 2.06. The summed E-state index contributed by atoms with van der Waals surface area (Å²) in [5.41, 5.74) is 3.64. The van der Waals surface area contributed by atoms with Gasteiger partial charge in [-0.3, -0.25) is 9.58 Å². The number of hydrogen-bond donors (Lipinski definition) is 1. The van der Waals surface area contributed by atoms with Crippen molar-refractivity contribution < 1.29 is 8.42 Å². The Morgan fingerprint density at radius 1 is 1.14 bits per heavy atom. The van der Waals surface area contributed by atoms with Crippen LogP contribution in [0.3, 0.4) is 0 Å². The van der Waals surface area contributed by atoms with E-state index in [4.69, 9.17) is 0 Å². The molecular formula is C21H27N5O2S. The zero-order valence-corrected chi connectivity index (χ0v) is 17.9. The second kappa shape index (κ2) is 7.78. The van der Waals surface area contributed by atoms with Gasteiger partial charge >= 0.3 is 0 Å². The van der Waals surface area contributed by atoms with Crippen molar-refractivity contribution in [1.29, 1.82) is 0 Å². The van der Waals surface area contributed by atoms with Gasteiger partial charge in [-0.15, -0.1) is 0 Å². The standard InChI is InChI=1S/C21H27N5O2S/c1-16-21(17(2)24(3)23-16)29(27,28)22-12-20-15-25-11-7-10-19(25)14-26(20)13-18-8-5-4-6-9-18/h4-11,20,22H,12-15H2,1-3H3/t20-/m0/s1. The third-order valence-electron chi connectivity index (χ3n) is 5.66. The molecule has 0 fully saturated rings. The molecule has 0 saturated heterocycles. The van der Waals surface area contributed by atoms with Gasteiger partial charge in [-0.25, -0.2) is 13.1 Å². The maximum absolute atomic E-state index is 13.0. The minimum atomic E-state index is -3.63. The van der Waals surface area contributed by atoms with Gasteiger partial charge in [-0.2, -0.15) is 5.10 Å². The molecule has 0 spiro atoms. The Morgan fingerprint density at radius 2 is 1.90 bits per heavy atom. The number of nitrogens with one attached hydrogen (secondary N) is 1. The van der Waals surface area contributed by atoms with E-state index in [0.29, 0.717) is 17.9 Å². The van der Waals surface area contributed by atoms with Crippen LogP contribution in [0.15, 0.2) is 53.6 Å². The molecule has 0 amide bonds. The van der Waals surface area contributed by atoms with Crippen LogP contribution in [-0.2, 0) is 36.7 Å². The van der Waals surface area contributed by atoms with Crippen LogP contribution in [0.4, 0.5) is 0 Å². The van der Waals surface area contributed by atoms with Crippen LogP contribution in [0.25, 0.3) is 0 Å². The predicted octanol–water partition coefficient (Wildman–Crippen LogP) is 2.20. The first-order valence-corrected chi connectivity index (χ1v) is 11.3. The number of hydrogen-bond acceptors (Lipinski definition) is 4. The predicted molar refractivity (Wildman–Crippen MR) is 112 cm³/mol. The largest absolute Gasteiger partial charge is 0.349 e. The molecule has 1 aliphatic heterocycles. The lowest BCUT2D eigenvalue weighted by molar-refractivity contribution is 0.133. The van der Waals surface area contributed by atoms with Gasteiger partial charge < -0.3 is 4.57 Å². The van der Waals surface area contributed by atoms with Crippen LogP contribution in [0.1, 0.15) is 22.6 Å². The lowest BCUT2D eigenvalue weighted by Crippen LogP contribution is -2.48. The van der Waals surface area contributed by atoms with Crippen LogP contribution in [0.5, 0.6) is 0 Å². The number of benzene rings is 1. The average Bonchev–Trinajstić information content (AvgIpc) is 3.24. The molecule has 0 saturated carbocycles. The summed E-state index contributed by atoms with van der Waals surface area (Å²) >= 11 is 0. The fraction of sp³-hybridized carbons (Fsp3) is 0.381. The first-order chi connectivity index (χ1) is 13.8. The normalized spacial score (nSPS) is 17.4. The molecule has 4 rings (SSSR count). The van der Waals surface area contributed by atoms with E-state index in [0.717, 1.165) is 19.6 Å². The van der Waals surface area contributed by atoms with Crippen molar-refractivity contribution in [1.82, 2.24) is 24.0 Å². The van der Waals surface area contributed by atoms with Gasteiger partial charge in [-0.1, -0.05) is 30.3 Å². The quantitative estimate of drug-likeness (QED) is 0.673. The number of aromatic nitrogens is 3. The fourth-order valence-corrected chi connectivity index (χ4v) is 5.58. The molecule has 0 bridgehead atoms. The Hall–Kier alpha value is -2.42. The summed E-state index contributed by atoms with van der Waals surface area (Å²) in [5.74, 6) is 0. The zero-order valence-electron chi connectivity index (χ0n) is 17.0. The number of nitrogens with zero attached hydrogens (tertiary/aromatic N) is 4. The highest BCUT2D eigenvalue weighted by Gasteiger charge is 2.29. The minimum Gasteiger partial charge on any atom is -0.349 e. The van der Waals surface area contributed by atoms with Gasteiger partial charge in [0, 0.05) is 51.2 Å². The molecular weight excluding hydrogens is 386 g/mol. The topological polar surface area (TPSA) is 72.2 Å². The first kappa shape index (κ1) is 19.9. The Kier molecular flexibility index (Phi) is 5.33. The maximum Gasteiger partial charge on any atom is 0.244 e. The van der Waals surface area contributed by atoms with Crippen LogP contribution in [0, 0.1) is 13.8 Å². The van der Waals surface area contributed by atoms with E-state index >= 15 is 0 Å². The van der Waals surface area contributed by atoms with Gasteiger partial charge in [0.2, 0.25) is 10.0 Å². The van der Waals surface area contributed by atoms with Crippen molar-refractivity contribution >= 4 is 10.0 Å². The van der Waals surface area contributed by atoms with Crippen molar-refractivity contribution in [2.24, 2.45) is 7.05 Å². The lowest BCUT2D eigenvalue weighted by Gasteiger charge is -2.37. The van der Waals surface area contributed by atoms with Gasteiger partial charge in [0.1, 0.15) is 4.90 Å². The molecule has 7 nitrogen and oxygen atoms in total. The molecule has 2 aromatic heterocycles. The van der Waals surface area contributed by atoms with Gasteiger partial charge in [-0.05, 0) is 31.5 Å². The highest BCUT2D eigenvalue weighted by molar-refractivity contribution is 7.89. The Labute approximate surface area is 172 Å². The van der Waals surface area contributed by atoms with Crippen molar-refractivity contribution in [3.8, 4) is 0 Å². The maximum atomic E-state index is 13.0. The first-order valence-electron chi connectivity index (χ1n) is 9.77. The molecule has 0 unspecified atom stereocenters. The van der Waals surface area contributed by atoms with Crippen molar-refractivity contribution in [2.75, 3.05) is 6.54 Å². The number of fused-ring (bicyclic) bond motifs is 1. The SMILES string of the molecule is Cc1nn(C)c(C)c1S(=O)(=O)NC[C@H]1Cn2cccc2CN1Cc1ccccc1. The van der Waals surface area contributed by atoms with E-state index in [1.54, 1.807) is 25.6 Å². The van der Waals surface area contributed by atoms with Gasteiger partial charge in [0.15, 0.2) is 0 Å². The zero-order chi connectivity index (χ0) is 20.6. The van der Waals surface area contributed by atoms with E-state index in [2.05, 4.69) is 43.7 Å².